The van der Waals surface area contributed by atoms with Crippen molar-refractivity contribution in [2.24, 2.45) is 0 Å². The zero-order valence-corrected chi connectivity index (χ0v) is 15.0. The lowest BCUT2D eigenvalue weighted by molar-refractivity contribution is 1.10. The van der Waals surface area contributed by atoms with Gasteiger partial charge < -0.3 is 0 Å². The molecule has 1 aromatic rings. The van der Waals surface area contributed by atoms with Gasteiger partial charge >= 0.3 is 0 Å². The first-order valence-electron chi connectivity index (χ1n) is 7.69. The number of rotatable bonds is 3. The highest BCUT2D eigenvalue weighted by molar-refractivity contribution is 5.14. The molecule has 21 heavy (non-hydrogen) atoms. The molecule has 0 fully saturated rings. The first-order chi connectivity index (χ1) is 10.0. The quantitative estimate of drug-likeness (QED) is 0.434. The SMILES string of the molecule is CC#CC.CC/C(C)=C/C=C(C)C.CCc1ccccc1. The van der Waals surface area contributed by atoms with Gasteiger partial charge in [0.25, 0.3) is 0 Å². The monoisotopic (exact) mass is 284 g/mol. The van der Waals surface area contributed by atoms with Crippen LogP contribution >= 0.6 is 0 Å². The third kappa shape index (κ3) is 18.3. The molecule has 0 heterocycles. The Morgan fingerprint density at radius 2 is 1.43 bits per heavy atom. The molecule has 0 aromatic heterocycles. The minimum absolute atomic E-state index is 1.14. The molecule has 0 aliphatic carbocycles. The lowest BCUT2D eigenvalue weighted by Gasteiger charge is -1.89. The molecule has 0 unspecified atom stereocenters. The van der Waals surface area contributed by atoms with Crippen LogP contribution in [0, 0.1) is 11.8 Å². The van der Waals surface area contributed by atoms with Gasteiger partial charge in [-0.05, 0) is 53.0 Å². The molecule has 0 spiro atoms. The highest BCUT2D eigenvalue weighted by Crippen LogP contribution is 1.99. The summed E-state index contributed by atoms with van der Waals surface area (Å²) in [7, 11) is 0. The van der Waals surface area contributed by atoms with Crippen molar-refractivity contribution < 1.29 is 0 Å². The molecule has 0 saturated carbocycles. The number of hydrogen-bond acceptors (Lipinski definition) is 0. The van der Waals surface area contributed by atoms with Gasteiger partial charge in [-0.1, -0.05) is 67.5 Å². The van der Waals surface area contributed by atoms with E-state index in [0.717, 1.165) is 12.8 Å². The van der Waals surface area contributed by atoms with Crippen molar-refractivity contribution in [1.82, 2.24) is 0 Å². The second-order valence-corrected chi connectivity index (χ2v) is 4.95. The van der Waals surface area contributed by atoms with Crippen LogP contribution in [-0.2, 0) is 6.42 Å². The number of aryl methyl sites for hydroxylation is 1. The van der Waals surface area contributed by atoms with E-state index in [-0.39, 0.29) is 0 Å². The topological polar surface area (TPSA) is 0 Å². The van der Waals surface area contributed by atoms with Gasteiger partial charge in [-0.15, -0.1) is 11.8 Å². The maximum absolute atomic E-state index is 2.68. The van der Waals surface area contributed by atoms with Crippen LogP contribution in [0.4, 0.5) is 0 Å². The van der Waals surface area contributed by atoms with E-state index >= 15 is 0 Å². The van der Waals surface area contributed by atoms with Crippen molar-refractivity contribution in [2.75, 3.05) is 0 Å². The Labute approximate surface area is 133 Å². The molecule has 1 rings (SSSR count). The largest absolute Gasteiger partial charge is 0.107 e. The molecule has 0 saturated heterocycles. The summed E-state index contributed by atoms with van der Waals surface area (Å²) in [4.78, 5) is 0. The van der Waals surface area contributed by atoms with Gasteiger partial charge in [-0.3, -0.25) is 0 Å². The van der Waals surface area contributed by atoms with Gasteiger partial charge in [0.1, 0.15) is 0 Å². The maximum atomic E-state index is 2.68. The minimum atomic E-state index is 1.14. The van der Waals surface area contributed by atoms with E-state index in [1.165, 1.54) is 16.7 Å². The summed E-state index contributed by atoms with van der Waals surface area (Å²) in [5.74, 6) is 5.36. The molecule has 0 amide bonds. The van der Waals surface area contributed by atoms with Gasteiger partial charge in [0.05, 0.1) is 0 Å². The second kappa shape index (κ2) is 16.3. The molecule has 116 valence electrons. The van der Waals surface area contributed by atoms with Crippen molar-refractivity contribution in [3.63, 3.8) is 0 Å². The molecule has 0 aliphatic rings. The number of hydrogen-bond donors (Lipinski definition) is 0. The van der Waals surface area contributed by atoms with E-state index in [9.17, 15) is 0 Å². The van der Waals surface area contributed by atoms with Crippen molar-refractivity contribution in [2.45, 2.75) is 61.3 Å². The molecule has 0 radical (unpaired) electrons. The van der Waals surface area contributed by atoms with Crippen LogP contribution in [0.1, 0.15) is 60.5 Å². The second-order valence-electron chi connectivity index (χ2n) is 4.95. The summed E-state index contributed by atoms with van der Waals surface area (Å²) >= 11 is 0. The average Bonchev–Trinajstić information content (AvgIpc) is 2.54. The molecule has 0 bridgehead atoms. The van der Waals surface area contributed by atoms with E-state index in [1.54, 1.807) is 0 Å². The molecule has 0 nitrogen and oxygen atoms in total. The standard InChI is InChI=1S/C9H16.C8H10.C4H6/c1-5-9(4)7-6-8(2)3;1-2-8-6-4-3-5-7-8;1-3-4-2/h6-7H,5H2,1-4H3;3-7H,2H2,1H3;1-2H3/b9-7+;;. The van der Waals surface area contributed by atoms with Crippen molar-refractivity contribution in [3.8, 4) is 11.8 Å². The highest BCUT2D eigenvalue weighted by Gasteiger charge is 1.80. The van der Waals surface area contributed by atoms with Crippen LogP contribution < -0.4 is 0 Å². The number of benzene rings is 1. The Kier molecular flexibility index (Phi) is 16.7. The van der Waals surface area contributed by atoms with E-state index in [0.29, 0.717) is 0 Å². The molecule has 0 atom stereocenters. The summed E-state index contributed by atoms with van der Waals surface area (Å²) < 4.78 is 0. The first kappa shape index (κ1) is 21.6. The highest BCUT2D eigenvalue weighted by atomic mass is 13.9. The fraction of sp³-hybridized carbons (Fsp3) is 0.429. The van der Waals surface area contributed by atoms with Gasteiger partial charge in [0.2, 0.25) is 0 Å². The summed E-state index contributed by atoms with van der Waals surface area (Å²) in [5.41, 5.74) is 4.21. The van der Waals surface area contributed by atoms with Crippen LogP contribution in [0.15, 0.2) is 53.6 Å². The van der Waals surface area contributed by atoms with Crippen molar-refractivity contribution in [1.29, 1.82) is 0 Å². The lowest BCUT2D eigenvalue weighted by Crippen LogP contribution is -1.73. The Balaban J connectivity index is 0. The predicted molar refractivity (Wildman–Crippen MR) is 98.4 cm³/mol. The Bertz CT molecular complexity index is 440. The van der Waals surface area contributed by atoms with Crippen molar-refractivity contribution in [3.05, 3.63) is 59.2 Å². The Morgan fingerprint density at radius 1 is 0.905 bits per heavy atom. The van der Waals surface area contributed by atoms with Crippen LogP contribution in [0.2, 0.25) is 0 Å². The third-order valence-corrected chi connectivity index (χ3v) is 2.76. The maximum Gasteiger partial charge on any atom is -0.00271 e. The van der Waals surface area contributed by atoms with Gasteiger partial charge in [-0.25, -0.2) is 0 Å². The van der Waals surface area contributed by atoms with Gasteiger partial charge in [-0.2, -0.15) is 0 Å². The van der Waals surface area contributed by atoms with E-state index in [2.05, 4.69) is 82.9 Å². The Hall–Kier alpha value is -1.74. The first-order valence-corrected chi connectivity index (χ1v) is 7.69. The van der Waals surface area contributed by atoms with Crippen molar-refractivity contribution >= 4 is 0 Å². The van der Waals surface area contributed by atoms with Crippen LogP contribution in [0.25, 0.3) is 0 Å². The fourth-order valence-corrected chi connectivity index (χ4v) is 1.14. The third-order valence-electron chi connectivity index (χ3n) is 2.76. The van der Waals surface area contributed by atoms with E-state index < -0.39 is 0 Å². The van der Waals surface area contributed by atoms with Crippen LogP contribution in [0.3, 0.4) is 0 Å². The smallest absolute Gasteiger partial charge is 0.00271 e. The zero-order valence-electron chi connectivity index (χ0n) is 15.0. The number of allylic oxidation sites excluding steroid dienone is 4. The average molecular weight is 284 g/mol. The summed E-state index contributed by atoms with van der Waals surface area (Å²) in [6.45, 7) is 14.3. The zero-order chi connectivity index (χ0) is 16.5. The van der Waals surface area contributed by atoms with E-state index in [1.807, 2.05) is 19.9 Å². The summed E-state index contributed by atoms with van der Waals surface area (Å²) in [6.07, 6.45) is 6.62. The minimum Gasteiger partial charge on any atom is -0.107 e. The summed E-state index contributed by atoms with van der Waals surface area (Å²) in [5, 5.41) is 0. The molecule has 0 heteroatoms. The summed E-state index contributed by atoms with van der Waals surface area (Å²) in [6, 6.07) is 10.5. The molecule has 0 aliphatic heterocycles. The lowest BCUT2D eigenvalue weighted by atomic mass is 10.2. The van der Waals surface area contributed by atoms with E-state index in [4.69, 9.17) is 0 Å². The molecule has 1 aromatic carbocycles. The van der Waals surface area contributed by atoms with Gasteiger partial charge in [0, 0.05) is 0 Å². The van der Waals surface area contributed by atoms with Crippen LogP contribution in [0.5, 0.6) is 0 Å². The van der Waals surface area contributed by atoms with Crippen LogP contribution in [-0.4, -0.2) is 0 Å². The molecular weight excluding hydrogens is 252 g/mol. The molecular formula is C21H32. The Morgan fingerprint density at radius 3 is 1.71 bits per heavy atom. The fourth-order valence-electron chi connectivity index (χ4n) is 1.14. The molecule has 0 N–H and O–H groups in total. The predicted octanol–water partition coefficient (Wildman–Crippen LogP) is 6.59. The van der Waals surface area contributed by atoms with Gasteiger partial charge in [0.15, 0.2) is 0 Å². The normalized spacial score (nSPS) is 9.00.